The van der Waals surface area contributed by atoms with Gasteiger partial charge in [-0.3, -0.25) is 14.4 Å². The molecule has 1 aliphatic heterocycles. The van der Waals surface area contributed by atoms with E-state index in [-0.39, 0.29) is 28.7 Å². The summed E-state index contributed by atoms with van der Waals surface area (Å²) in [5.74, 6) is -1.60. The molecule has 8 heteroatoms. The van der Waals surface area contributed by atoms with Crippen LogP contribution in [0.3, 0.4) is 0 Å². The van der Waals surface area contributed by atoms with Crippen molar-refractivity contribution >= 4 is 17.7 Å². The Labute approximate surface area is 190 Å². The fourth-order valence-corrected chi connectivity index (χ4v) is 3.85. The highest BCUT2D eigenvalue weighted by Gasteiger charge is 2.34. The van der Waals surface area contributed by atoms with Crippen LogP contribution < -0.4 is 10.6 Å². The van der Waals surface area contributed by atoms with Gasteiger partial charge in [0.15, 0.2) is 0 Å². The van der Waals surface area contributed by atoms with Crippen LogP contribution in [0.1, 0.15) is 56.8 Å². The van der Waals surface area contributed by atoms with E-state index in [2.05, 4.69) is 10.6 Å². The maximum atomic E-state index is 14.1. The summed E-state index contributed by atoms with van der Waals surface area (Å²) in [6.45, 7) is 8.08. The van der Waals surface area contributed by atoms with Crippen molar-refractivity contribution in [3.05, 3.63) is 35.6 Å². The number of hydrogen-bond donors (Lipinski definition) is 2. The van der Waals surface area contributed by atoms with Crippen molar-refractivity contribution in [1.82, 2.24) is 15.5 Å². The fourth-order valence-electron chi connectivity index (χ4n) is 3.85. The number of benzene rings is 1. The number of likely N-dealkylation sites (tertiary alicyclic amines) is 1. The molecule has 0 bridgehead atoms. The Morgan fingerprint density at radius 2 is 1.84 bits per heavy atom. The van der Waals surface area contributed by atoms with E-state index < -0.39 is 17.8 Å². The van der Waals surface area contributed by atoms with Crippen molar-refractivity contribution in [2.45, 2.75) is 52.5 Å². The second-order valence-electron chi connectivity index (χ2n) is 9.52. The summed E-state index contributed by atoms with van der Waals surface area (Å²) in [5, 5.41) is 5.58. The van der Waals surface area contributed by atoms with E-state index in [0.717, 1.165) is 0 Å². The van der Waals surface area contributed by atoms with Gasteiger partial charge in [-0.1, -0.05) is 32.9 Å². The topological polar surface area (TPSA) is 87.7 Å². The van der Waals surface area contributed by atoms with Gasteiger partial charge in [-0.2, -0.15) is 0 Å². The number of methoxy groups -OCH3 is 1. The maximum absolute atomic E-state index is 14.1. The summed E-state index contributed by atoms with van der Waals surface area (Å²) in [6, 6.07) is 4.90. The van der Waals surface area contributed by atoms with E-state index in [0.29, 0.717) is 51.9 Å². The molecule has 0 radical (unpaired) electrons. The average Bonchev–Trinajstić information content (AvgIpc) is 2.74. The third-order valence-corrected chi connectivity index (χ3v) is 5.56. The number of nitrogens with zero attached hydrogens (tertiary/aromatic N) is 1. The van der Waals surface area contributed by atoms with Crippen molar-refractivity contribution in [1.29, 1.82) is 0 Å². The zero-order valence-electron chi connectivity index (χ0n) is 19.6. The normalized spacial score (nSPS) is 15.8. The van der Waals surface area contributed by atoms with Crippen LogP contribution >= 0.6 is 0 Å². The predicted octanol–water partition coefficient (Wildman–Crippen LogP) is 2.75. The Balaban J connectivity index is 2.06. The Morgan fingerprint density at radius 1 is 1.19 bits per heavy atom. The molecular weight excluding hydrogens is 413 g/mol. The minimum absolute atomic E-state index is 0.0910. The van der Waals surface area contributed by atoms with Gasteiger partial charge in [0.1, 0.15) is 11.9 Å². The van der Waals surface area contributed by atoms with E-state index in [4.69, 9.17) is 4.74 Å². The third kappa shape index (κ3) is 7.89. The SMILES string of the molecule is COCCCNC(=O)C(NC(=O)c1ccccc1F)C1CCN(C(=O)CC(C)(C)C)CC1. The van der Waals surface area contributed by atoms with Crippen LogP contribution in [0.5, 0.6) is 0 Å². The molecule has 1 atom stereocenters. The number of amides is 3. The summed E-state index contributed by atoms with van der Waals surface area (Å²) in [7, 11) is 1.59. The molecule has 2 rings (SSSR count). The second-order valence-corrected chi connectivity index (χ2v) is 9.52. The smallest absolute Gasteiger partial charge is 0.254 e. The highest BCUT2D eigenvalue weighted by atomic mass is 19.1. The lowest BCUT2D eigenvalue weighted by atomic mass is 9.87. The molecule has 0 spiro atoms. The van der Waals surface area contributed by atoms with Crippen LogP contribution in [-0.2, 0) is 14.3 Å². The summed E-state index contributed by atoms with van der Waals surface area (Å²) in [4.78, 5) is 40.0. The van der Waals surface area contributed by atoms with Gasteiger partial charge in [0.2, 0.25) is 11.8 Å². The summed E-state index contributed by atoms with van der Waals surface area (Å²) in [6.07, 6.45) is 2.29. The van der Waals surface area contributed by atoms with Crippen LogP contribution in [0, 0.1) is 17.2 Å². The first-order valence-electron chi connectivity index (χ1n) is 11.2. The lowest BCUT2D eigenvalue weighted by Crippen LogP contribution is -2.54. The molecule has 0 aliphatic carbocycles. The number of ether oxygens (including phenoxy) is 1. The predicted molar refractivity (Wildman–Crippen MR) is 121 cm³/mol. The summed E-state index contributed by atoms with van der Waals surface area (Å²) >= 11 is 0. The third-order valence-electron chi connectivity index (χ3n) is 5.56. The van der Waals surface area contributed by atoms with Gasteiger partial charge >= 0.3 is 0 Å². The van der Waals surface area contributed by atoms with Crippen molar-refractivity contribution in [3.63, 3.8) is 0 Å². The first-order valence-corrected chi connectivity index (χ1v) is 11.2. The number of hydrogen-bond acceptors (Lipinski definition) is 4. The van der Waals surface area contributed by atoms with Gasteiger partial charge in [0.05, 0.1) is 5.56 Å². The minimum atomic E-state index is -0.801. The van der Waals surface area contributed by atoms with Crippen molar-refractivity contribution in [3.8, 4) is 0 Å². The standard InChI is InChI=1S/C24H36FN3O4/c1-24(2,3)16-20(29)28-13-10-17(11-14-28)21(23(31)26-12-7-15-32-4)27-22(30)18-8-5-6-9-19(18)25/h5-6,8-9,17,21H,7,10-16H2,1-4H3,(H,26,31)(H,27,30). The molecule has 0 saturated carbocycles. The van der Waals surface area contributed by atoms with Crippen molar-refractivity contribution in [2.24, 2.45) is 11.3 Å². The lowest BCUT2D eigenvalue weighted by molar-refractivity contribution is -0.134. The van der Waals surface area contributed by atoms with E-state index in [9.17, 15) is 18.8 Å². The quantitative estimate of drug-likeness (QED) is 0.568. The minimum Gasteiger partial charge on any atom is -0.385 e. The molecule has 1 aromatic carbocycles. The van der Waals surface area contributed by atoms with Gasteiger partial charge in [0.25, 0.3) is 5.91 Å². The van der Waals surface area contributed by atoms with Gasteiger partial charge in [-0.25, -0.2) is 4.39 Å². The second kappa shape index (κ2) is 11.9. The number of carbonyl (C=O) groups excluding carboxylic acids is 3. The molecule has 7 nitrogen and oxygen atoms in total. The molecule has 1 heterocycles. The molecule has 1 fully saturated rings. The van der Waals surface area contributed by atoms with E-state index in [1.807, 2.05) is 25.7 Å². The largest absolute Gasteiger partial charge is 0.385 e. The molecule has 32 heavy (non-hydrogen) atoms. The lowest BCUT2D eigenvalue weighted by Gasteiger charge is -2.36. The zero-order chi connectivity index (χ0) is 23.7. The van der Waals surface area contributed by atoms with Crippen LogP contribution in [0.15, 0.2) is 24.3 Å². The highest BCUT2D eigenvalue weighted by Crippen LogP contribution is 2.25. The zero-order valence-corrected chi connectivity index (χ0v) is 19.6. The molecule has 1 aromatic rings. The number of nitrogens with one attached hydrogen (secondary N) is 2. The van der Waals surface area contributed by atoms with Crippen LogP contribution in [0.2, 0.25) is 0 Å². The number of halogens is 1. The molecule has 1 aliphatic rings. The van der Waals surface area contributed by atoms with E-state index in [1.54, 1.807) is 13.2 Å². The Morgan fingerprint density at radius 3 is 2.44 bits per heavy atom. The van der Waals surface area contributed by atoms with Crippen LogP contribution in [-0.4, -0.2) is 62.0 Å². The molecule has 3 amide bonds. The Hall–Kier alpha value is -2.48. The average molecular weight is 450 g/mol. The molecule has 1 saturated heterocycles. The monoisotopic (exact) mass is 449 g/mol. The van der Waals surface area contributed by atoms with Crippen molar-refractivity contribution in [2.75, 3.05) is 33.4 Å². The molecule has 1 unspecified atom stereocenters. The molecule has 178 valence electrons. The van der Waals surface area contributed by atoms with Crippen LogP contribution in [0.4, 0.5) is 4.39 Å². The molecule has 2 N–H and O–H groups in total. The summed E-state index contributed by atoms with van der Waals surface area (Å²) in [5.41, 5.74) is -0.186. The number of rotatable bonds is 9. The van der Waals surface area contributed by atoms with Gasteiger partial charge in [0, 0.05) is 39.8 Å². The maximum Gasteiger partial charge on any atom is 0.254 e. The van der Waals surface area contributed by atoms with Crippen molar-refractivity contribution < 1.29 is 23.5 Å². The highest BCUT2D eigenvalue weighted by molar-refractivity contribution is 5.97. The molecule has 0 aromatic heterocycles. The first kappa shape index (κ1) is 25.8. The van der Waals surface area contributed by atoms with Gasteiger partial charge in [-0.15, -0.1) is 0 Å². The Kier molecular flexibility index (Phi) is 9.62. The Bertz CT molecular complexity index is 786. The van der Waals surface area contributed by atoms with Gasteiger partial charge < -0.3 is 20.3 Å². The van der Waals surface area contributed by atoms with Gasteiger partial charge in [-0.05, 0) is 42.7 Å². The van der Waals surface area contributed by atoms with Crippen LogP contribution in [0.25, 0.3) is 0 Å². The first-order chi connectivity index (χ1) is 15.1. The summed E-state index contributed by atoms with van der Waals surface area (Å²) < 4.78 is 19.1. The van der Waals surface area contributed by atoms with E-state index in [1.165, 1.54) is 18.2 Å². The number of carbonyl (C=O) groups is 3. The van der Waals surface area contributed by atoms with E-state index >= 15 is 0 Å². The number of piperidine rings is 1. The molecular formula is C24H36FN3O4. The fraction of sp³-hybridized carbons (Fsp3) is 0.625.